The number of alkyl halides is 3. The summed E-state index contributed by atoms with van der Waals surface area (Å²) >= 11 is 0. The first kappa shape index (κ1) is 21.3. The molecule has 0 radical (unpaired) electrons. The van der Waals surface area contributed by atoms with Crippen LogP contribution in [0.15, 0.2) is 53.4 Å². The lowest BCUT2D eigenvalue weighted by Gasteiger charge is -2.25. The largest absolute Gasteiger partial charge is 0.416 e. The number of carbonyl (C=O) groups is 1. The molecule has 0 bridgehead atoms. The zero-order valence-corrected chi connectivity index (χ0v) is 16.4. The van der Waals surface area contributed by atoms with E-state index in [-0.39, 0.29) is 17.0 Å². The van der Waals surface area contributed by atoms with E-state index >= 15 is 0 Å². The second-order valence-corrected chi connectivity index (χ2v) is 8.81. The average Bonchev–Trinajstić information content (AvgIpc) is 2.72. The lowest BCUT2D eigenvalue weighted by molar-refractivity contribution is -0.137. The Morgan fingerprint density at radius 2 is 1.66 bits per heavy atom. The van der Waals surface area contributed by atoms with Gasteiger partial charge in [-0.15, -0.1) is 0 Å². The Morgan fingerprint density at radius 3 is 2.28 bits per heavy atom. The predicted molar refractivity (Wildman–Crippen MR) is 102 cm³/mol. The minimum Gasteiger partial charge on any atom is -0.348 e. The molecule has 1 amide bonds. The van der Waals surface area contributed by atoms with Gasteiger partial charge in [0, 0.05) is 25.2 Å². The van der Waals surface area contributed by atoms with Crippen molar-refractivity contribution in [3.63, 3.8) is 0 Å². The van der Waals surface area contributed by atoms with E-state index in [9.17, 15) is 26.4 Å². The van der Waals surface area contributed by atoms with Crippen molar-refractivity contribution in [2.24, 2.45) is 0 Å². The summed E-state index contributed by atoms with van der Waals surface area (Å²) in [5.74, 6) is -0.496. The third-order valence-electron chi connectivity index (χ3n) is 4.78. The molecule has 1 N–H and O–H groups in total. The molecular formula is C20H21F3N2O3S. The first-order valence-corrected chi connectivity index (χ1v) is 10.7. The number of nitrogens with one attached hydrogen (secondary N) is 1. The fraction of sp³-hybridized carbons (Fsp3) is 0.350. The Labute approximate surface area is 167 Å². The molecular weight excluding hydrogens is 405 g/mol. The number of hydrogen-bond donors (Lipinski definition) is 1. The Bertz CT molecular complexity index is 967. The number of benzene rings is 2. The van der Waals surface area contributed by atoms with E-state index in [1.165, 1.54) is 40.7 Å². The summed E-state index contributed by atoms with van der Waals surface area (Å²) in [5, 5.41) is 2.55. The number of hydrogen-bond acceptors (Lipinski definition) is 3. The minimum atomic E-state index is -4.45. The van der Waals surface area contributed by atoms with Gasteiger partial charge in [-0.05, 0) is 54.8 Å². The minimum absolute atomic E-state index is 0.0728. The standard InChI is InChI=1S/C20H21F3N2O3S/c21-20(22,23)17-6-4-5-15(13-17)14-24-19(26)16-7-9-18(10-8-16)29(27,28)25-11-2-1-3-12-25/h4-10,13H,1-3,11-12,14H2,(H,24,26). The quantitative estimate of drug-likeness (QED) is 0.791. The fourth-order valence-electron chi connectivity index (χ4n) is 3.17. The average molecular weight is 426 g/mol. The first-order valence-electron chi connectivity index (χ1n) is 9.22. The zero-order chi connectivity index (χ0) is 21.1. The number of piperidine rings is 1. The normalized spacial score (nSPS) is 15.8. The van der Waals surface area contributed by atoms with Crippen LogP contribution in [0.1, 0.15) is 40.7 Å². The summed E-state index contributed by atoms with van der Waals surface area (Å²) in [4.78, 5) is 12.4. The molecule has 29 heavy (non-hydrogen) atoms. The first-order chi connectivity index (χ1) is 13.7. The molecule has 0 atom stereocenters. The van der Waals surface area contributed by atoms with Crippen molar-refractivity contribution in [2.75, 3.05) is 13.1 Å². The smallest absolute Gasteiger partial charge is 0.348 e. The number of amides is 1. The molecule has 1 aliphatic heterocycles. The zero-order valence-electron chi connectivity index (χ0n) is 15.6. The molecule has 1 heterocycles. The lowest BCUT2D eigenvalue weighted by Crippen LogP contribution is -2.35. The van der Waals surface area contributed by atoms with Crippen molar-refractivity contribution < 1.29 is 26.4 Å². The highest BCUT2D eigenvalue weighted by molar-refractivity contribution is 7.89. The topological polar surface area (TPSA) is 66.5 Å². The van der Waals surface area contributed by atoms with Gasteiger partial charge >= 0.3 is 6.18 Å². The maximum atomic E-state index is 12.8. The third kappa shape index (κ3) is 5.16. The van der Waals surface area contributed by atoms with Crippen molar-refractivity contribution in [3.8, 4) is 0 Å². The molecule has 0 spiro atoms. The molecule has 2 aromatic carbocycles. The monoisotopic (exact) mass is 426 g/mol. The van der Waals surface area contributed by atoms with E-state index < -0.39 is 27.7 Å². The van der Waals surface area contributed by atoms with Gasteiger partial charge in [-0.25, -0.2) is 8.42 Å². The maximum absolute atomic E-state index is 12.8. The van der Waals surface area contributed by atoms with Crippen molar-refractivity contribution in [3.05, 3.63) is 65.2 Å². The predicted octanol–water partition coefficient (Wildman–Crippen LogP) is 3.81. The van der Waals surface area contributed by atoms with Crippen LogP contribution in [0, 0.1) is 0 Å². The van der Waals surface area contributed by atoms with Crippen molar-refractivity contribution >= 4 is 15.9 Å². The van der Waals surface area contributed by atoms with Crippen LogP contribution < -0.4 is 5.32 Å². The highest BCUT2D eigenvalue weighted by Gasteiger charge is 2.30. The highest BCUT2D eigenvalue weighted by atomic mass is 32.2. The van der Waals surface area contributed by atoms with Crippen LogP contribution in [-0.2, 0) is 22.7 Å². The highest BCUT2D eigenvalue weighted by Crippen LogP contribution is 2.29. The van der Waals surface area contributed by atoms with Crippen LogP contribution in [0.3, 0.4) is 0 Å². The Morgan fingerprint density at radius 1 is 1.00 bits per heavy atom. The van der Waals surface area contributed by atoms with Gasteiger partial charge in [0.2, 0.25) is 10.0 Å². The van der Waals surface area contributed by atoms with Crippen LogP contribution in [0.5, 0.6) is 0 Å². The van der Waals surface area contributed by atoms with Gasteiger partial charge in [0.15, 0.2) is 0 Å². The van der Waals surface area contributed by atoms with E-state index in [1.54, 1.807) is 0 Å². The van der Waals surface area contributed by atoms with E-state index in [2.05, 4.69) is 5.32 Å². The molecule has 0 saturated carbocycles. The van der Waals surface area contributed by atoms with E-state index in [4.69, 9.17) is 0 Å². The van der Waals surface area contributed by atoms with Gasteiger partial charge < -0.3 is 5.32 Å². The molecule has 3 rings (SSSR count). The molecule has 5 nitrogen and oxygen atoms in total. The van der Waals surface area contributed by atoms with Gasteiger partial charge in [0.25, 0.3) is 5.91 Å². The summed E-state index contributed by atoms with van der Waals surface area (Å²) < 4.78 is 65.0. The number of halogens is 3. The third-order valence-corrected chi connectivity index (χ3v) is 6.69. The van der Waals surface area contributed by atoms with Crippen LogP contribution in [-0.4, -0.2) is 31.7 Å². The summed E-state index contributed by atoms with van der Waals surface area (Å²) in [6.45, 7) is 0.902. The second-order valence-electron chi connectivity index (χ2n) is 6.87. The Hall–Kier alpha value is -2.39. The van der Waals surface area contributed by atoms with Crippen molar-refractivity contribution in [1.82, 2.24) is 9.62 Å². The van der Waals surface area contributed by atoms with E-state index in [0.29, 0.717) is 18.7 Å². The molecule has 0 aromatic heterocycles. The van der Waals surface area contributed by atoms with Gasteiger partial charge in [-0.2, -0.15) is 17.5 Å². The summed E-state index contributed by atoms with van der Waals surface area (Å²) in [6.07, 6.45) is -1.78. The number of carbonyl (C=O) groups excluding carboxylic acids is 1. The molecule has 1 fully saturated rings. The second kappa shape index (κ2) is 8.54. The Balaban J connectivity index is 1.65. The van der Waals surface area contributed by atoms with Crippen LogP contribution >= 0.6 is 0 Å². The van der Waals surface area contributed by atoms with Gasteiger partial charge in [-0.1, -0.05) is 18.6 Å². The molecule has 156 valence electrons. The molecule has 0 unspecified atom stereocenters. The van der Waals surface area contributed by atoms with Gasteiger partial charge in [0.05, 0.1) is 10.5 Å². The van der Waals surface area contributed by atoms with Crippen molar-refractivity contribution in [1.29, 1.82) is 0 Å². The SMILES string of the molecule is O=C(NCc1cccc(C(F)(F)F)c1)c1ccc(S(=O)(=O)N2CCCCC2)cc1. The summed E-state index contributed by atoms with van der Waals surface area (Å²) in [6, 6.07) is 10.3. The summed E-state index contributed by atoms with van der Waals surface area (Å²) in [7, 11) is -3.58. The summed E-state index contributed by atoms with van der Waals surface area (Å²) in [5.41, 5.74) is -0.233. The van der Waals surface area contributed by atoms with Crippen LogP contribution in [0.2, 0.25) is 0 Å². The van der Waals surface area contributed by atoms with Crippen LogP contribution in [0.4, 0.5) is 13.2 Å². The van der Waals surface area contributed by atoms with Crippen molar-refractivity contribution in [2.45, 2.75) is 36.9 Å². The number of nitrogens with zero attached hydrogens (tertiary/aromatic N) is 1. The maximum Gasteiger partial charge on any atom is 0.416 e. The van der Waals surface area contributed by atoms with E-state index in [1.807, 2.05) is 0 Å². The molecule has 0 aliphatic carbocycles. The molecule has 9 heteroatoms. The van der Waals surface area contributed by atoms with Crippen LogP contribution in [0.25, 0.3) is 0 Å². The Kier molecular flexibility index (Phi) is 6.28. The van der Waals surface area contributed by atoms with Gasteiger partial charge in [0.1, 0.15) is 0 Å². The number of sulfonamides is 1. The lowest BCUT2D eigenvalue weighted by atomic mass is 10.1. The molecule has 2 aromatic rings. The van der Waals surface area contributed by atoms with E-state index in [0.717, 1.165) is 31.4 Å². The molecule has 1 aliphatic rings. The fourth-order valence-corrected chi connectivity index (χ4v) is 4.69. The number of rotatable bonds is 5. The van der Waals surface area contributed by atoms with Gasteiger partial charge in [-0.3, -0.25) is 4.79 Å². The molecule has 1 saturated heterocycles.